The highest BCUT2D eigenvalue weighted by Gasteiger charge is 2.33. The molecule has 0 atom stereocenters. The maximum absolute atomic E-state index is 12.6. The molecule has 0 bridgehead atoms. The molecule has 0 aliphatic rings. The maximum Gasteiger partial charge on any atom is 0.417 e. The van der Waals surface area contributed by atoms with Crippen molar-refractivity contribution >= 4 is 5.69 Å². The van der Waals surface area contributed by atoms with Gasteiger partial charge in [0.15, 0.2) is 0 Å². The van der Waals surface area contributed by atoms with E-state index in [1.165, 1.54) is 12.1 Å². The molecule has 1 aromatic carbocycles. The van der Waals surface area contributed by atoms with E-state index in [9.17, 15) is 13.2 Å². The van der Waals surface area contributed by atoms with Crippen LogP contribution in [-0.2, 0) is 6.18 Å². The van der Waals surface area contributed by atoms with Crippen LogP contribution >= 0.6 is 0 Å². The van der Waals surface area contributed by atoms with Crippen LogP contribution in [0.5, 0.6) is 0 Å². The van der Waals surface area contributed by atoms with Gasteiger partial charge < -0.3 is 10.0 Å². The zero-order valence-electron chi connectivity index (χ0n) is 10.1. The lowest BCUT2D eigenvalue weighted by Gasteiger charge is -2.23. The highest BCUT2D eigenvalue weighted by Crippen LogP contribution is 2.33. The standard InChI is InChI=1S/C13H13F3N2O/c1-2-5-18(6-7-19)11-3-4-12(13(14,15)16)10(8-11)9-17/h2-4,8,19H,1,5-7H2. The van der Waals surface area contributed by atoms with Crippen molar-refractivity contribution in [1.29, 1.82) is 5.26 Å². The summed E-state index contributed by atoms with van der Waals surface area (Å²) in [6.45, 7) is 4.02. The van der Waals surface area contributed by atoms with Crippen molar-refractivity contribution in [3.05, 3.63) is 42.0 Å². The van der Waals surface area contributed by atoms with Crippen LogP contribution in [0.25, 0.3) is 0 Å². The molecule has 0 saturated heterocycles. The molecule has 0 amide bonds. The summed E-state index contributed by atoms with van der Waals surface area (Å²) >= 11 is 0. The molecule has 0 saturated carbocycles. The summed E-state index contributed by atoms with van der Waals surface area (Å²) in [5, 5.41) is 17.7. The summed E-state index contributed by atoms with van der Waals surface area (Å²) in [5.41, 5.74) is -0.947. The first-order valence-electron chi connectivity index (χ1n) is 5.52. The van der Waals surface area contributed by atoms with E-state index in [-0.39, 0.29) is 13.2 Å². The van der Waals surface area contributed by atoms with Gasteiger partial charge >= 0.3 is 6.18 Å². The van der Waals surface area contributed by atoms with Gasteiger partial charge in [0, 0.05) is 18.8 Å². The van der Waals surface area contributed by atoms with Crippen LogP contribution in [0.4, 0.5) is 18.9 Å². The van der Waals surface area contributed by atoms with E-state index in [1.807, 2.05) is 0 Å². The Morgan fingerprint density at radius 1 is 1.42 bits per heavy atom. The van der Waals surface area contributed by atoms with Gasteiger partial charge in [-0.3, -0.25) is 0 Å². The number of anilines is 1. The lowest BCUT2D eigenvalue weighted by atomic mass is 10.1. The smallest absolute Gasteiger partial charge is 0.395 e. The number of nitrogens with zero attached hydrogens (tertiary/aromatic N) is 2. The minimum absolute atomic E-state index is 0.142. The van der Waals surface area contributed by atoms with Gasteiger partial charge in [0.25, 0.3) is 0 Å². The number of rotatable bonds is 5. The Bertz CT molecular complexity index is 492. The molecular weight excluding hydrogens is 257 g/mol. The number of alkyl halides is 3. The van der Waals surface area contributed by atoms with Gasteiger partial charge in [0.2, 0.25) is 0 Å². The van der Waals surface area contributed by atoms with Crippen LogP contribution in [0, 0.1) is 11.3 Å². The lowest BCUT2D eigenvalue weighted by Crippen LogP contribution is -2.26. The van der Waals surface area contributed by atoms with E-state index in [0.29, 0.717) is 12.2 Å². The molecule has 0 radical (unpaired) electrons. The summed E-state index contributed by atoms with van der Waals surface area (Å²) in [6.07, 6.45) is -2.98. The van der Waals surface area contributed by atoms with Crippen molar-refractivity contribution in [2.24, 2.45) is 0 Å². The highest BCUT2D eigenvalue weighted by molar-refractivity contribution is 5.55. The molecule has 0 heterocycles. The van der Waals surface area contributed by atoms with Crippen molar-refractivity contribution in [1.82, 2.24) is 0 Å². The topological polar surface area (TPSA) is 47.3 Å². The second kappa shape index (κ2) is 6.25. The van der Waals surface area contributed by atoms with Gasteiger partial charge in [-0.15, -0.1) is 6.58 Å². The minimum Gasteiger partial charge on any atom is -0.395 e. The Hall–Kier alpha value is -2.00. The quantitative estimate of drug-likeness (QED) is 0.836. The zero-order chi connectivity index (χ0) is 14.5. The maximum atomic E-state index is 12.6. The Labute approximate surface area is 109 Å². The van der Waals surface area contributed by atoms with Gasteiger partial charge in [-0.1, -0.05) is 6.08 Å². The number of benzene rings is 1. The lowest BCUT2D eigenvalue weighted by molar-refractivity contribution is -0.137. The van der Waals surface area contributed by atoms with Gasteiger partial charge in [0.1, 0.15) is 0 Å². The van der Waals surface area contributed by atoms with Crippen LogP contribution in [0.2, 0.25) is 0 Å². The van der Waals surface area contributed by atoms with E-state index >= 15 is 0 Å². The molecule has 0 spiro atoms. The molecular formula is C13H13F3N2O. The van der Waals surface area contributed by atoms with Crippen molar-refractivity contribution in [3.63, 3.8) is 0 Å². The van der Waals surface area contributed by atoms with Crippen LogP contribution in [0.15, 0.2) is 30.9 Å². The number of halogens is 3. The molecule has 6 heteroatoms. The molecule has 0 aromatic heterocycles. The minimum atomic E-state index is -4.55. The molecule has 0 unspecified atom stereocenters. The summed E-state index contributed by atoms with van der Waals surface area (Å²) in [4.78, 5) is 1.63. The predicted octanol–water partition coefficient (Wildman–Crippen LogP) is 2.56. The molecule has 0 aliphatic heterocycles. The average molecular weight is 270 g/mol. The molecule has 19 heavy (non-hydrogen) atoms. The predicted molar refractivity (Wildman–Crippen MR) is 65.7 cm³/mol. The molecule has 0 aliphatic carbocycles. The van der Waals surface area contributed by atoms with Crippen molar-refractivity contribution in [2.45, 2.75) is 6.18 Å². The van der Waals surface area contributed by atoms with Crippen LogP contribution in [-0.4, -0.2) is 24.8 Å². The fourth-order valence-corrected chi connectivity index (χ4v) is 1.67. The Kier molecular flexibility index (Phi) is 4.95. The SMILES string of the molecule is C=CCN(CCO)c1ccc(C(F)(F)F)c(C#N)c1. The molecule has 3 nitrogen and oxygen atoms in total. The van der Waals surface area contributed by atoms with E-state index in [1.54, 1.807) is 17.0 Å². The molecule has 1 N–H and O–H groups in total. The summed E-state index contributed by atoms with van der Waals surface area (Å²) < 4.78 is 37.9. The van der Waals surface area contributed by atoms with Crippen LogP contribution in [0.3, 0.4) is 0 Å². The summed E-state index contributed by atoms with van der Waals surface area (Å²) in [6, 6.07) is 4.87. The zero-order valence-corrected chi connectivity index (χ0v) is 10.1. The molecule has 1 aromatic rings. The Balaban J connectivity index is 3.19. The van der Waals surface area contributed by atoms with Crippen molar-refractivity contribution in [3.8, 4) is 6.07 Å². The first kappa shape index (κ1) is 15.1. The van der Waals surface area contributed by atoms with Gasteiger partial charge in [-0.25, -0.2) is 0 Å². The molecule has 1 rings (SSSR count). The van der Waals surface area contributed by atoms with Crippen LogP contribution in [0.1, 0.15) is 11.1 Å². The number of hydrogen-bond donors (Lipinski definition) is 1. The Morgan fingerprint density at radius 3 is 2.58 bits per heavy atom. The largest absolute Gasteiger partial charge is 0.417 e. The number of aliphatic hydroxyl groups excluding tert-OH is 1. The Morgan fingerprint density at radius 2 is 2.11 bits per heavy atom. The van der Waals surface area contributed by atoms with Crippen molar-refractivity contribution < 1.29 is 18.3 Å². The van der Waals surface area contributed by atoms with Crippen LogP contribution < -0.4 is 4.90 Å². The number of aliphatic hydroxyl groups is 1. The fourth-order valence-electron chi connectivity index (χ4n) is 1.67. The molecule has 102 valence electrons. The van der Waals surface area contributed by atoms with E-state index in [4.69, 9.17) is 10.4 Å². The second-order valence-corrected chi connectivity index (χ2v) is 3.80. The third-order valence-corrected chi connectivity index (χ3v) is 2.51. The fraction of sp³-hybridized carbons (Fsp3) is 0.308. The van der Waals surface area contributed by atoms with Crippen molar-refractivity contribution in [2.75, 3.05) is 24.6 Å². The van der Waals surface area contributed by atoms with E-state index < -0.39 is 17.3 Å². The van der Waals surface area contributed by atoms with Gasteiger partial charge in [-0.05, 0) is 18.2 Å². The summed E-state index contributed by atoms with van der Waals surface area (Å²) in [7, 11) is 0. The monoisotopic (exact) mass is 270 g/mol. The third kappa shape index (κ3) is 3.73. The van der Waals surface area contributed by atoms with Gasteiger partial charge in [0.05, 0.1) is 23.8 Å². The van der Waals surface area contributed by atoms with E-state index in [0.717, 1.165) is 6.07 Å². The summed E-state index contributed by atoms with van der Waals surface area (Å²) in [5.74, 6) is 0. The molecule has 0 fully saturated rings. The van der Waals surface area contributed by atoms with Gasteiger partial charge in [-0.2, -0.15) is 18.4 Å². The van der Waals surface area contributed by atoms with E-state index in [2.05, 4.69) is 6.58 Å². The third-order valence-electron chi connectivity index (χ3n) is 2.51. The first-order valence-corrected chi connectivity index (χ1v) is 5.52. The number of hydrogen-bond acceptors (Lipinski definition) is 3. The second-order valence-electron chi connectivity index (χ2n) is 3.80. The highest BCUT2D eigenvalue weighted by atomic mass is 19.4. The number of nitriles is 1. The normalized spacial score (nSPS) is 10.9. The average Bonchev–Trinajstić information content (AvgIpc) is 2.36. The first-order chi connectivity index (χ1) is 8.93.